The van der Waals surface area contributed by atoms with Crippen molar-refractivity contribution < 1.29 is 28.6 Å². The Balaban J connectivity index is 1.51. The number of esters is 1. The van der Waals surface area contributed by atoms with Gasteiger partial charge in [-0.25, -0.2) is 18.7 Å². The van der Waals surface area contributed by atoms with Gasteiger partial charge in [0.25, 0.3) is 5.91 Å². The second-order valence-electron chi connectivity index (χ2n) is 8.51. The van der Waals surface area contributed by atoms with E-state index < -0.39 is 23.4 Å². The second-order valence-corrected chi connectivity index (χ2v) is 8.51. The van der Waals surface area contributed by atoms with Crippen molar-refractivity contribution in [1.82, 2.24) is 19.9 Å². The third kappa shape index (κ3) is 3.85. The molecule has 2 heterocycles. The standard InChI is InChI=1S/C22H25FN4O5/c1-3-8-32-22(31)13-4-5-14-12(11(13)2)6-7-16(14)26-20(28)18-9-17(21(29)30)25-19-15(23)10-24-27(18)19/h3,9-14,16H,1,4-8H2,2H3,(H,26,28)(H,29,30)/t11?,12?,13?,14?,16-/m0/s1. The molecule has 0 aromatic carbocycles. The second kappa shape index (κ2) is 8.68. The summed E-state index contributed by atoms with van der Waals surface area (Å²) in [4.78, 5) is 40.5. The van der Waals surface area contributed by atoms with E-state index in [1.165, 1.54) is 0 Å². The van der Waals surface area contributed by atoms with Gasteiger partial charge in [-0.2, -0.15) is 5.10 Å². The van der Waals surface area contributed by atoms with Crippen LogP contribution in [0.5, 0.6) is 0 Å². The zero-order valence-corrected chi connectivity index (χ0v) is 17.7. The maximum atomic E-state index is 14.0. The van der Waals surface area contributed by atoms with Crippen molar-refractivity contribution in [2.45, 2.75) is 38.6 Å². The Morgan fingerprint density at radius 1 is 1.31 bits per heavy atom. The van der Waals surface area contributed by atoms with Crippen LogP contribution in [0.4, 0.5) is 4.39 Å². The summed E-state index contributed by atoms with van der Waals surface area (Å²) in [5.41, 5.74) is -0.834. The lowest BCUT2D eigenvalue weighted by molar-refractivity contribution is -0.152. The predicted octanol–water partition coefficient (Wildman–Crippen LogP) is 2.47. The number of amides is 1. The molecule has 170 valence electrons. The van der Waals surface area contributed by atoms with E-state index >= 15 is 0 Å². The van der Waals surface area contributed by atoms with Gasteiger partial charge in [0.1, 0.15) is 12.3 Å². The Labute approximate surface area is 183 Å². The first-order valence-corrected chi connectivity index (χ1v) is 10.7. The minimum atomic E-state index is -1.36. The number of nitrogens with zero attached hydrogens (tertiary/aromatic N) is 3. The lowest BCUT2D eigenvalue weighted by Crippen LogP contribution is -2.44. The molecule has 0 saturated heterocycles. The van der Waals surface area contributed by atoms with Gasteiger partial charge in [-0.15, -0.1) is 0 Å². The van der Waals surface area contributed by atoms with Crippen molar-refractivity contribution in [1.29, 1.82) is 0 Å². The molecule has 2 saturated carbocycles. The van der Waals surface area contributed by atoms with Crippen molar-refractivity contribution in [3.8, 4) is 0 Å². The number of hydrogen-bond donors (Lipinski definition) is 2. The molecule has 4 unspecified atom stereocenters. The van der Waals surface area contributed by atoms with Crippen LogP contribution in [-0.2, 0) is 9.53 Å². The van der Waals surface area contributed by atoms with Crippen molar-refractivity contribution in [3.05, 3.63) is 42.1 Å². The molecule has 2 aromatic heterocycles. The van der Waals surface area contributed by atoms with E-state index in [1.54, 1.807) is 6.08 Å². The number of hydrogen-bond acceptors (Lipinski definition) is 6. The molecule has 0 radical (unpaired) electrons. The van der Waals surface area contributed by atoms with Gasteiger partial charge in [0.05, 0.1) is 12.1 Å². The summed E-state index contributed by atoms with van der Waals surface area (Å²) < 4.78 is 20.2. The summed E-state index contributed by atoms with van der Waals surface area (Å²) in [6.45, 7) is 5.82. The topological polar surface area (TPSA) is 123 Å². The maximum absolute atomic E-state index is 14.0. The van der Waals surface area contributed by atoms with Crippen LogP contribution in [0.2, 0.25) is 0 Å². The summed E-state index contributed by atoms with van der Waals surface area (Å²) >= 11 is 0. The van der Waals surface area contributed by atoms with Gasteiger partial charge >= 0.3 is 11.9 Å². The van der Waals surface area contributed by atoms with Gasteiger partial charge in [0.15, 0.2) is 17.2 Å². The highest BCUT2D eigenvalue weighted by Crippen LogP contribution is 2.48. The molecule has 0 spiro atoms. The smallest absolute Gasteiger partial charge is 0.354 e. The molecule has 2 N–H and O–H groups in total. The Bertz CT molecular complexity index is 1080. The summed E-state index contributed by atoms with van der Waals surface area (Å²) in [6, 6.07) is 0.968. The van der Waals surface area contributed by atoms with Crippen molar-refractivity contribution in [2.24, 2.45) is 23.7 Å². The summed E-state index contributed by atoms with van der Waals surface area (Å²) in [7, 11) is 0. The molecular formula is C22H25FN4O5. The lowest BCUT2D eigenvalue weighted by Gasteiger charge is -2.38. The highest BCUT2D eigenvalue weighted by Gasteiger charge is 2.47. The quantitative estimate of drug-likeness (QED) is 0.518. The molecule has 9 nitrogen and oxygen atoms in total. The molecule has 2 fully saturated rings. The van der Waals surface area contributed by atoms with Crippen LogP contribution in [-0.4, -0.2) is 50.2 Å². The first-order chi connectivity index (χ1) is 15.3. The molecule has 10 heteroatoms. The Hall–Kier alpha value is -3.30. The number of aromatic nitrogens is 3. The zero-order valence-electron chi connectivity index (χ0n) is 17.7. The van der Waals surface area contributed by atoms with Crippen molar-refractivity contribution >= 4 is 23.5 Å². The van der Waals surface area contributed by atoms with Gasteiger partial charge in [-0.1, -0.05) is 19.6 Å². The SMILES string of the molecule is C=CCOC(=O)C1CCC2C(CC[C@@H]2NC(=O)c2cc(C(=O)O)nc3c(F)cnn23)C1C. The Morgan fingerprint density at radius 3 is 2.78 bits per heavy atom. The van der Waals surface area contributed by atoms with E-state index in [9.17, 15) is 23.9 Å². The first kappa shape index (κ1) is 21.9. The molecule has 0 bridgehead atoms. The number of nitrogens with one attached hydrogen (secondary N) is 1. The highest BCUT2D eigenvalue weighted by molar-refractivity contribution is 5.96. The fourth-order valence-electron chi connectivity index (χ4n) is 5.31. The van der Waals surface area contributed by atoms with Crippen LogP contribution in [0.15, 0.2) is 24.9 Å². The number of aromatic carboxylic acids is 1. The number of carboxylic acids is 1. The van der Waals surface area contributed by atoms with Crippen LogP contribution < -0.4 is 5.32 Å². The highest BCUT2D eigenvalue weighted by atomic mass is 19.1. The van der Waals surface area contributed by atoms with E-state index in [2.05, 4.69) is 28.9 Å². The van der Waals surface area contributed by atoms with Crippen LogP contribution in [0, 0.1) is 29.5 Å². The first-order valence-electron chi connectivity index (χ1n) is 10.7. The molecule has 4 rings (SSSR count). The summed E-state index contributed by atoms with van der Waals surface area (Å²) in [5, 5.41) is 16.1. The molecule has 1 amide bonds. The van der Waals surface area contributed by atoms with Gasteiger partial charge in [-0.05, 0) is 43.4 Å². The molecular weight excluding hydrogens is 419 g/mol. The van der Waals surface area contributed by atoms with Crippen LogP contribution >= 0.6 is 0 Å². The molecule has 2 aliphatic carbocycles. The van der Waals surface area contributed by atoms with Crippen molar-refractivity contribution in [2.75, 3.05) is 6.61 Å². The number of carboxylic acid groups (broad SMARTS) is 1. The average Bonchev–Trinajstić information content (AvgIpc) is 3.35. The maximum Gasteiger partial charge on any atom is 0.354 e. The minimum absolute atomic E-state index is 0.0884. The third-order valence-electron chi connectivity index (χ3n) is 6.84. The van der Waals surface area contributed by atoms with Gasteiger partial charge in [0, 0.05) is 12.1 Å². The lowest BCUT2D eigenvalue weighted by atomic mass is 9.68. The molecule has 2 aliphatic rings. The fraction of sp³-hybridized carbons (Fsp3) is 0.500. The number of rotatable bonds is 6. The molecule has 32 heavy (non-hydrogen) atoms. The average molecular weight is 444 g/mol. The Morgan fingerprint density at radius 2 is 2.06 bits per heavy atom. The van der Waals surface area contributed by atoms with E-state index in [4.69, 9.17) is 4.74 Å². The largest absolute Gasteiger partial charge is 0.477 e. The van der Waals surface area contributed by atoms with E-state index in [0.717, 1.165) is 36.0 Å². The summed E-state index contributed by atoms with van der Waals surface area (Å²) in [5.74, 6) is -2.49. The van der Waals surface area contributed by atoms with Gasteiger partial charge in [-0.3, -0.25) is 9.59 Å². The Kier molecular flexibility index (Phi) is 5.94. The van der Waals surface area contributed by atoms with Crippen molar-refractivity contribution in [3.63, 3.8) is 0 Å². The van der Waals surface area contributed by atoms with Gasteiger partial charge < -0.3 is 15.2 Å². The normalized spacial score (nSPS) is 27.0. The fourth-order valence-corrected chi connectivity index (χ4v) is 5.31. The number of ether oxygens (including phenoxy) is 1. The van der Waals surface area contributed by atoms with Crippen LogP contribution in [0.25, 0.3) is 5.65 Å². The van der Waals surface area contributed by atoms with Crippen LogP contribution in [0.1, 0.15) is 53.6 Å². The third-order valence-corrected chi connectivity index (χ3v) is 6.84. The minimum Gasteiger partial charge on any atom is -0.477 e. The monoisotopic (exact) mass is 444 g/mol. The van der Waals surface area contributed by atoms with E-state index in [0.29, 0.717) is 6.42 Å². The van der Waals surface area contributed by atoms with E-state index in [1.807, 2.05) is 0 Å². The number of carbonyl (C=O) groups excluding carboxylic acids is 2. The van der Waals surface area contributed by atoms with E-state index in [-0.39, 0.29) is 53.6 Å². The van der Waals surface area contributed by atoms with Crippen LogP contribution in [0.3, 0.4) is 0 Å². The molecule has 5 atom stereocenters. The summed E-state index contributed by atoms with van der Waals surface area (Å²) in [6.07, 6.45) is 5.50. The number of fused-ring (bicyclic) bond motifs is 2. The number of carbonyl (C=O) groups is 3. The number of halogens is 1. The predicted molar refractivity (Wildman–Crippen MR) is 110 cm³/mol. The molecule has 2 aromatic rings. The zero-order chi connectivity index (χ0) is 23.0. The molecule has 0 aliphatic heterocycles. The van der Waals surface area contributed by atoms with Gasteiger partial charge in [0.2, 0.25) is 0 Å².